The molecule has 1 atom stereocenters. The van der Waals surface area contributed by atoms with E-state index < -0.39 is 24.1 Å². The van der Waals surface area contributed by atoms with Gasteiger partial charge in [0.05, 0.1) is 0 Å². The highest BCUT2D eigenvalue weighted by Crippen LogP contribution is 2.38. The van der Waals surface area contributed by atoms with Crippen molar-refractivity contribution in [2.24, 2.45) is 0 Å². The number of hydrogen-bond donors (Lipinski definition) is 2. The van der Waals surface area contributed by atoms with Gasteiger partial charge in [0.2, 0.25) is 0 Å². The van der Waals surface area contributed by atoms with E-state index in [4.69, 9.17) is 14.6 Å². The van der Waals surface area contributed by atoms with Crippen LogP contribution in [0.3, 0.4) is 0 Å². The monoisotopic (exact) mass is 409 g/mol. The van der Waals surface area contributed by atoms with Crippen LogP contribution in [0.5, 0.6) is 0 Å². The van der Waals surface area contributed by atoms with Crippen molar-refractivity contribution in [3.05, 3.63) is 71.8 Å². The Labute approximate surface area is 174 Å². The molecule has 0 aliphatic heterocycles. The van der Waals surface area contributed by atoms with Gasteiger partial charge in [-0.1, -0.05) is 55.1 Å². The predicted molar refractivity (Wildman–Crippen MR) is 110 cm³/mol. The molecule has 1 aliphatic rings. The van der Waals surface area contributed by atoms with Gasteiger partial charge in [-0.15, -0.1) is 0 Å². The molecule has 0 saturated carbocycles. The largest absolute Gasteiger partial charge is 0.481 e. The van der Waals surface area contributed by atoms with Crippen LogP contribution >= 0.6 is 0 Å². The Balaban J connectivity index is 1.63. The minimum atomic E-state index is -1.11. The Hall–Kier alpha value is -3.61. The lowest BCUT2D eigenvalue weighted by Crippen LogP contribution is -2.42. The topological polar surface area (TPSA) is 102 Å². The number of ether oxygens (including phenoxy) is 2. The number of rotatable bonds is 9. The summed E-state index contributed by atoms with van der Waals surface area (Å²) < 4.78 is 10.2. The number of carboxylic acids is 1. The molecule has 1 aliphatic carbocycles. The second-order valence-electron chi connectivity index (χ2n) is 6.90. The summed E-state index contributed by atoms with van der Waals surface area (Å²) in [5.41, 5.74) is 5.52. The van der Waals surface area contributed by atoms with Crippen LogP contribution in [0.1, 0.15) is 29.5 Å². The number of aliphatic carboxylic acids is 1. The summed E-state index contributed by atoms with van der Waals surface area (Å²) in [6.45, 7) is 3.46. The molecule has 2 aromatic carbocycles. The van der Waals surface area contributed by atoms with Gasteiger partial charge < -0.3 is 19.9 Å². The maximum absolute atomic E-state index is 12.3. The van der Waals surface area contributed by atoms with Gasteiger partial charge in [0.15, 0.2) is 0 Å². The van der Waals surface area contributed by atoms with Crippen molar-refractivity contribution in [2.45, 2.75) is 31.9 Å². The van der Waals surface area contributed by atoms with Crippen LogP contribution in [-0.2, 0) is 32.1 Å². The zero-order valence-corrected chi connectivity index (χ0v) is 16.4. The average Bonchev–Trinajstić information content (AvgIpc) is 3.12. The van der Waals surface area contributed by atoms with Crippen LogP contribution in [0.25, 0.3) is 11.1 Å². The van der Waals surface area contributed by atoms with Gasteiger partial charge in [-0.3, -0.25) is 4.79 Å². The fraction of sp³-hybridized carbons (Fsp3) is 0.261. The quantitative estimate of drug-likeness (QED) is 0.415. The molecular formula is C23H23NO6. The normalized spacial score (nSPS) is 12.3. The first-order chi connectivity index (χ1) is 14.5. The SMILES string of the molecule is C=CCOC(=O)[C@H](CCC(=O)O)NC(=O)OCc1cccc2c1Cc1ccccc1-2. The molecule has 0 radical (unpaired) electrons. The van der Waals surface area contributed by atoms with Crippen LogP contribution in [0.4, 0.5) is 4.79 Å². The first kappa shape index (κ1) is 21.1. The van der Waals surface area contributed by atoms with Crippen molar-refractivity contribution in [3.63, 3.8) is 0 Å². The highest BCUT2D eigenvalue weighted by molar-refractivity contribution is 5.82. The molecule has 156 valence electrons. The third kappa shape index (κ3) is 5.05. The number of fused-ring (bicyclic) bond motifs is 3. The molecule has 2 aromatic rings. The molecule has 30 heavy (non-hydrogen) atoms. The van der Waals surface area contributed by atoms with Crippen molar-refractivity contribution in [1.82, 2.24) is 5.32 Å². The molecule has 0 unspecified atom stereocenters. The van der Waals surface area contributed by atoms with Crippen LogP contribution in [-0.4, -0.2) is 35.8 Å². The number of benzene rings is 2. The molecule has 7 heteroatoms. The minimum Gasteiger partial charge on any atom is -0.481 e. The van der Waals surface area contributed by atoms with E-state index in [2.05, 4.69) is 24.0 Å². The number of carbonyl (C=O) groups excluding carboxylic acids is 2. The Morgan fingerprint density at radius 3 is 2.63 bits per heavy atom. The summed E-state index contributed by atoms with van der Waals surface area (Å²) in [6, 6.07) is 12.9. The molecular weight excluding hydrogens is 386 g/mol. The Bertz CT molecular complexity index is 968. The van der Waals surface area contributed by atoms with Crippen LogP contribution < -0.4 is 5.32 Å². The number of nitrogens with one attached hydrogen (secondary N) is 1. The fourth-order valence-corrected chi connectivity index (χ4v) is 3.44. The van der Waals surface area contributed by atoms with Crippen LogP contribution in [0.2, 0.25) is 0 Å². The third-order valence-electron chi connectivity index (χ3n) is 4.87. The second-order valence-corrected chi connectivity index (χ2v) is 6.90. The zero-order valence-electron chi connectivity index (χ0n) is 16.4. The number of alkyl carbamates (subject to hydrolysis) is 1. The van der Waals surface area contributed by atoms with E-state index >= 15 is 0 Å². The van der Waals surface area contributed by atoms with Crippen molar-refractivity contribution in [2.75, 3.05) is 6.61 Å². The summed E-state index contributed by atoms with van der Waals surface area (Å²) in [5.74, 6) is -1.81. The molecule has 0 heterocycles. The molecule has 2 N–H and O–H groups in total. The molecule has 0 fully saturated rings. The number of carboxylic acid groups (broad SMARTS) is 1. The average molecular weight is 409 g/mol. The van der Waals surface area contributed by atoms with Gasteiger partial charge >= 0.3 is 18.0 Å². The highest BCUT2D eigenvalue weighted by atomic mass is 16.6. The molecule has 1 amide bonds. The number of hydrogen-bond acceptors (Lipinski definition) is 5. The molecule has 0 saturated heterocycles. The number of esters is 1. The Kier molecular flexibility index (Phi) is 6.85. The molecule has 0 spiro atoms. The van der Waals surface area contributed by atoms with E-state index in [0.29, 0.717) is 0 Å². The lowest BCUT2D eigenvalue weighted by molar-refractivity contribution is -0.145. The van der Waals surface area contributed by atoms with Gasteiger partial charge in [0.25, 0.3) is 0 Å². The van der Waals surface area contributed by atoms with E-state index in [9.17, 15) is 14.4 Å². The van der Waals surface area contributed by atoms with Gasteiger partial charge in [-0.2, -0.15) is 0 Å². The molecule has 0 bridgehead atoms. The zero-order chi connectivity index (χ0) is 21.5. The van der Waals surface area contributed by atoms with Crippen LogP contribution in [0.15, 0.2) is 55.1 Å². The first-order valence-corrected chi connectivity index (χ1v) is 9.61. The number of amides is 1. The van der Waals surface area contributed by atoms with Crippen LogP contribution in [0, 0.1) is 0 Å². The van der Waals surface area contributed by atoms with Gasteiger partial charge in [0, 0.05) is 6.42 Å². The molecule has 0 aromatic heterocycles. The summed E-state index contributed by atoms with van der Waals surface area (Å²) in [6.07, 6.45) is 0.948. The Morgan fingerprint density at radius 1 is 1.10 bits per heavy atom. The maximum Gasteiger partial charge on any atom is 0.408 e. The van der Waals surface area contributed by atoms with Gasteiger partial charge in [0.1, 0.15) is 19.3 Å². The highest BCUT2D eigenvalue weighted by Gasteiger charge is 2.25. The first-order valence-electron chi connectivity index (χ1n) is 9.61. The Morgan fingerprint density at radius 2 is 1.87 bits per heavy atom. The lowest BCUT2D eigenvalue weighted by Gasteiger charge is -2.17. The number of carbonyl (C=O) groups is 3. The third-order valence-corrected chi connectivity index (χ3v) is 4.87. The van der Waals surface area contributed by atoms with Crippen molar-refractivity contribution in [1.29, 1.82) is 0 Å². The predicted octanol–water partition coefficient (Wildman–Crippen LogP) is 3.45. The van der Waals surface area contributed by atoms with E-state index in [0.717, 1.165) is 23.1 Å². The fourth-order valence-electron chi connectivity index (χ4n) is 3.44. The van der Waals surface area contributed by atoms with Crippen molar-refractivity contribution in [3.8, 4) is 11.1 Å². The summed E-state index contributed by atoms with van der Waals surface area (Å²) in [7, 11) is 0. The van der Waals surface area contributed by atoms with E-state index in [1.54, 1.807) is 0 Å². The second kappa shape index (κ2) is 9.73. The summed E-state index contributed by atoms with van der Waals surface area (Å²) in [5, 5.41) is 11.3. The molecule has 7 nitrogen and oxygen atoms in total. The van der Waals surface area contributed by atoms with E-state index in [-0.39, 0.29) is 26.1 Å². The smallest absolute Gasteiger partial charge is 0.408 e. The summed E-state index contributed by atoms with van der Waals surface area (Å²) >= 11 is 0. The molecule has 3 rings (SSSR count). The summed E-state index contributed by atoms with van der Waals surface area (Å²) in [4.78, 5) is 35.2. The lowest BCUT2D eigenvalue weighted by atomic mass is 10.0. The maximum atomic E-state index is 12.3. The standard InChI is InChI=1S/C23H23NO6/c1-2-12-29-22(27)20(10-11-21(25)26)24-23(28)30-14-16-7-5-9-18-17-8-4-3-6-15(17)13-19(16)18/h2-9,20H,1,10-14H2,(H,24,28)(H,25,26)/t20-/m0/s1. The van der Waals surface area contributed by atoms with Gasteiger partial charge in [-0.25, -0.2) is 9.59 Å². The van der Waals surface area contributed by atoms with Crippen molar-refractivity contribution < 1.29 is 29.0 Å². The van der Waals surface area contributed by atoms with Gasteiger partial charge in [-0.05, 0) is 40.7 Å². The van der Waals surface area contributed by atoms with E-state index in [1.165, 1.54) is 17.2 Å². The van der Waals surface area contributed by atoms with E-state index in [1.807, 2.05) is 30.3 Å². The minimum absolute atomic E-state index is 0.0319. The van der Waals surface area contributed by atoms with Crippen molar-refractivity contribution >= 4 is 18.0 Å².